The van der Waals surface area contributed by atoms with E-state index in [0.717, 1.165) is 31.2 Å². The van der Waals surface area contributed by atoms with E-state index in [1.807, 2.05) is 42.5 Å². The molecule has 1 aromatic carbocycles. The van der Waals surface area contributed by atoms with E-state index in [2.05, 4.69) is 6.92 Å². The van der Waals surface area contributed by atoms with Crippen molar-refractivity contribution < 1.29 is 14.6 Å². The van der Waals surface area contributed by atoms with Crippen LogP contribution in [0.1, 0.15) is 38.2 Å². The zero-order valence-electron chi connectivity index (χ0n) is 15.3. The van der Waals surface area contributed by atoms with Gasteiger partial charge in [0.25, 0.3) is 0 Å². The van der Waals surface area contributed by atoms with Crippen LogP contribution in [0.3, 0.4) is 0 Å². The summed E-state index contributed by atoms with van der Waals surface area (Å²) in [5, 5.41) is 10.0. The normalized spacial score (nSPS) is 19.2. The molecule has 1 aliphatic heterocycles. The molecule has 0 saturated carbocycles. The average molecular weight is 346 g/mol. The summed E-state index contributed by atoms with van der Waals surface area (Å²) in [7, 11) is 1.79. The van der Waals surface area contributed by atoms with Gasteiger partial charge in [-0.25, -0.2) is 4.79 Å². The van der Waals surface area contributed by atoms with Gasteiger partial charge < -0.3 is 14.7 Å². The molecule has 138 valence electrons. The standard InChI is InChI=1S/C20H30N2O3/c1-3-4-6-11-19(23)13-12-18-14-21(2)20(24)22(18)16-25-15-17-9-7-5-8-10-17/h5,7-10,12-13,18-19,23H,3-4,6,11,14-16H2,1-2H3/b13-12+. The third-order valence-corrected chi connectivity index (χ3v) is 4.43. The number of urea groups is 1. The van der Waals surface area contributed by atoms with Crippen molar-refractivity contribution >= 4 is 6.03 Å². The van der Waals surface area contributed by atoms with Gasteiger partial charge in [0.2, 0.25) is 0 Å². The van der Waals surface area contributed by atoms with Crippen LogP contribution in [0.25, 0.3) is 0 Å². The summed E-state index contributed by atoms with van der Waals surface area (Å²) in [5.74, 6) is 0. The lowest BCUT2D eigenvalue weighted by Crippen LogP contribution is -2.35. The number of hydrogen-bond donors (Lipinski definition) is 1. The lowest BCUT2D eigenvalue weighted by Gasteiger charge is -2.21. The number of aliphatic hydroxyl groups excluding tert-OH is 1. The van der Waals surface area contributed by atoms with Gasteiger partial charge in [-0.05, 0) is 12.0 Å². The molecule has 1 saturated heterocycles. The number of ether oxygens (including phenoxy) is 1. The second-order valence-corrected chi connectivity index (χ2v) is 6.61. The van der Waals surface area contributed by atoms with Crippen LogP contribution in [0.4, 0.5) is 4.79 Å². The van der Waals surface area contributed by atoms with Crippen molar-refractivity contribution in [3.63, 3.8) is 0 Å². The maximum Gasteiger partial charge on any atom is 0.322 e. The van der Waals surface area contributed by atoms with Gasteiger partial charge in [0.1, 0.15) is 6.73 Å². The van der Waals surface area contributed by atoms with Crippen LogP contribution in [0.15, 0.2) is 42.5 Å². The lowest BCUT2D eigenvalue weighted by molar-refractivity contribution is 0.0369. The second-order valence-electron chi connectivity index (χ2n) is 6.61. The van der Waals surface area contributed by atoms with E-state index in [9.17, 15) is 9.90 Å². The summed E-state index contributed by atoms with van der Waals surface area (Å²) in [4.78, 5) is 15.7. The number of carbonyl (C=O) groups is 1. The van der Waals surface area contributed by atoms with Crippen molar-refractivity contribution in [2.45, 2.75) is 51.4 Å². The first-order valence-electron chi connectivity index (χ1n) is 9.11. The Morgan fingerprint density at radius 1 is 1.32 bits per heavy atom. The number of carbonyl (C=O) groups excluding carboxylic acids is 1. The Morgan fingerprint density at radius 2 is 2.08 bits per heavy atom. The van der Waals surface area contributed by atoms with Gasteiger partial charge in [-0.2, -0.15) is 0 Å². The fourth-order valence-corrected chi connectivity index (χ4v) is 2.93. The Hall–Kier alpha value is -1.85. The minimum atomic E-state index is -0.445. The van der Waals surface area contributed by atoms with Crippen LogP contribution in [0.2, 0.25) is 0 Å². The number of benzene rings is 1. The quantitative estimate of drug-likeness (QED) is 0.522. The van der Waals surface area contributed by atoms with Crippen LogP contribution in [0, 0.1) is 0 Å². The van der Waals surface area contributed by atoms with Crippen LogP contribution >= 0.6 is 0 Å². The number of aliphatic hydroxyl groups is 1. The largest absolute Gasteiger partial charge is 0.389 e. The van der Waals surface area contributed by atoms with Gasteiger partial charge in [-0.1, -0.05) is 68.7 Å². The minimum Gasteiger partial charge on any atom is -0.389 e. The van der Waals surface area contributed by atoms with Crippen LogP contribution in [0.5, 0.6) is 0 Å². The van der Waals surface area contributed by atoms with Gasteiger partial charge in [-0.3, -0.25) is 4.90 Å². The first-order chi connectivity index (χ1) is 12.1. The molecule has 1 aliphatic rings. The first kappa shape index (κ1) is 19.5. The van der Waals surface area contributed by atoms with Crippen molar-refractivity contribution in [2.24, 2.45) is 0 Å². The lowest BCUT2D eigenvalue weighted by atomic mass is 10.1. The van der Waals surface area contributed by atoms with Crippen molar-refractivity contribution in [1.29, 1.82) is 0 Å². The highest BCUT2D eigenvalue weighted by Gasteiger charge is 2.33. The zero-order chi connectivity index (χ0) is 18.1. The number of amides is 2. The molecule has 2 unspecified atom stereocenters. The first-order valence-corrected chi connectivity index (χ1v) is 9.11. The van der Waals surface area contributed by atoms with E-state index in [0.29, 0.717) is 13.2 Å². The highest BCUT2D eigenvalue weighted by Crippen LogP contribution is 2.17. The number of unbranched alkanes of at least 4 members (excludes halogenated alkanes) is 2. The molecule has 0 spiro atoms. The van der Waals surface area contributed by atoms with E-state index in [1.165, 1.54) is 0 Å². The summed E-state index contributed by atoms with van der Waals surface area (Å²) in [5.41, 5.74) is 1.08. The molecule has 5 heteroatoms. The molecule has 1 aromatic rings. The molecule has 2 atom stereocenters. The molecule has 0 aromatic heterocycles. The molecule has 0 radical (unpaired) electrons. The Labute approximate surface area is 150 Å². The fourth-order valence-electron chi connectivity index (χ4n) is 2.93. The molecule has 2 rings (SSSR count). The van der Waals surface area contributed by atoms with Crippen LogP contribution in [-0.4, -0.2) is 53.4 Å². The Bertz CT molecular complexity index is 547. The molecule has 1 N–H and O–H groups in total. The second kappa shape index (κ2) is 10.2. The maximum absolute atomic E-state index is 12.3. The van der Waals surface area contributed by atoms with E-state index in [4.69, 9.17) is 4.74 Å². The zero-order valence-corrected chi connectivity index (χ0v) is 15.3. The Balaban J connectivity index is 1.84. The smallest absolute Gasteiger partial charge is 0.322 e. The van der Waals surface area contributed by atoms with Crippen molar-refractivity contribution in [3.8, 4) is 0 Å². The highest BCUT2D eigenvalue weighted by atomic mass is 16.5. The summed E-state index contributed by atoms with van der Waals surface area (Å²) in [6.07, 6.45) is 7.38. The average Bonchev–Trinajstić information content (AvgIpc) is 2.89. The molecule has 25 heavy (non-hydrogen) atoms. The third-order valence-electron chi connectivity index (χ3n) is 4.43. The van der Waals surface area contributed by atoms with E-state index >= 15 is 0 Å². The fraction of sp³-hybridized carbons (Fsp3) is 0.550. The third kappa shape index (κ3) is 6.18. The van der Waals surface area contributed by atoms with E-state index in [-0.39, 0.29) is 18.8 Å². The van der Waals surface area contributed by atoms with Crippen LogP contribution in [-0.2, 0) is 11.3 Å². The van der Waals surface area contributed by atoms with Gasteiger partial charge in [0.05, 0.1) is 18.8 Å². The summed E-state index contributed by atoms with van der Waals surface area (Å²) < 4.78 is 5.72. The highest BCUT2D eigenvalue weighted by molar-refractivity contribution is 5.77. The van der Waals surface area contributed by atoms with Gasteiger partial charge >= 0.3 is 6.03 Å². The molecule has 1 heterocycles. The van der Waals surface area contributed by atoms with Gasteiger partial charge in [0.15, 0.2) is 0 Å². The topological polar surface area (TPSA) is 53.0 Å². The SMILES string of the molecule is CCCCCC(O)/C=C/C1CN(C)C(=O)N1COCc1ccccc1. The predicted molar refractivity (Wildman–Crippen MR) is 99.0 cm³/mol. The monoisotopic (exact) mass is 346 g/mol. The molecular weight excluding hydrogens is 316 g/mol. The van der Waals surface area contributed by atoms with Gasteiger partial charge in [0, 0.05) is 13.6 Å². The number of likely N-dealkylation sites (N-methyl/N-ethyl adjacent to an activating group) is 1. The van der Waals surface area contributed by atoms with E-state index in [1.54, 1.807) is 16.8 Å². The maximum atomic E-state index is 12.3. The summed E-state index contributed by atoms with van der Waals surface area (Å²) in [6.45, 7) is 3.49. The minimum absolute atomic E-state index is 0.0387. The summed E-state index contributed by atoms with van der Waals surface area (Å²) in [6, 6.07) is 9.81. The molecular formula is C20H30N2O3. The molecule has 2 amide bonds. The van der Waals surface area contributed by atoms with Crippen molar-refractivity contribution in [1.82, 2.24) is 9.80 Å². The van der Waals surface area contributed by atoms with Crippen LogP contribution < -0.4 is 0 Å². The van der Waals surface area contributed by atoms with Crippen molar-refractivity contribution in [3.05, 3.63) is 48.0 Å². The predicted octanol–water partition coefficient (Wildman–Crippen LogP) is 3.39. The molecule has 5 nitrogen and oxygen atoms in total. The summed E-state index contributed by atoms with van der Waals surface area (Å²) >= 11 is 0. The molecule has 0 aliphatic carbocycles. The number of nitrogens with zero attached hydrogens (tertiary/aromatic N) is 2. The Kier molecular flexibility index (Phi) is 7.95. The Morgan fingerprint density at radius 3 is 2.80 bits per heavy atom. The van der Waals surface area contributed by atoms with E-state index < -0.39 is 6.10 Å². The molecule has 0 bridgehead atoms. The number of rotatable bonds is 10. The van der Waals surface area contributed by atoms with Gasteiger partial charge in [-0.15, -0.1) is 0 Å². The number of hydrogen-bond acceptors (Lipinski definition) is 3. The van der Waals surface area contributed by atoms with Crippen molar-refractivity contribution in [2.75, 3.05) is 20.3 Å². The molecule has 1 fully saturated rings.